The van der Waals surface area contributed by atoms with Crippen LogP contribution in [0.4, 0.5) is 0 Å². The Morgan fingerprint density at radius 3 is 1.50 bits per heavy atom. The first-order valence-corrected chi connectivity index (χ1v) is 11.5. The monoisotopic (exact) mass is 419 g/mol. The van der Waals surface area contributed by atoms with Crippen LogP contribution in [0.3, 0.4) is 0 Å². The van der Waals surface area contributed by atoms with E-state index in [0.717, 1.165) is 22.3 Å². The maximum atomic E-state index is 11.5. The van der Waals surface area contributed by atoms with Gasteiger partial charge in [0.05, 0.1) is 13.6 Å². The van der Waals surface area contributed by atoms with Crippen LogP contribution in [-0.4, -0.2) is 25.1 Å². The number of carbonyl (C=O) groups excluding carboxylic acids is 2. The first kappa shape index (κ1) is 23.0. The Kier molecular flexibility index (Phi) is 9.47. The molecule has 5 nitrogen and oxygen atoms in total. The third kappa shape index (κ3) is 6.12. The van der Waals surface area contributed by atoms with Gasteiger partial charge in [0.25, 0.3) is 0 Å². The van der Waals surface area contributed by atoms with Gasteiger partial charge in [-0.1, -0.05) is 97.9 Å². The molecule has 0 aliphatic carbocycles. The molecule has 3 aromatic carbocycles. The molecule has 154 valence electrons. The SMILES string of the molecule is CCCN=C=O.NC(=O)CN=P(c1ccccc1)(c1ccccc1)c1ccccc1. The molecule has 0 aromatic heterocycles. The van der Waals surface area contributed by atoms with Gasteiger partial charge in [-0.3, -0.25) is 9.54 Å². The van der Waals surface area contributed by atoms with E-state index in [0.29, 0.717) is 6.54 Å². The van der Waals surface area contributed by atoms with E-state index in [1.165, 1.54) is 6.08 Å². The lowest BCUT2D eigenvalue weighted by molar-refractivity contribution is -0.116. The number of amides is 1. The van der Waals surface area contributed by atoms with E-state index in [1.54, 1.807) is 0 Å². The Hall–Kier alpha value is -3.26. The molecule has 0 spiro atoms. The number of aliphatic imine (C=N–C) groups is 1. The van der Waals surface area contributed by atoms with Gasteiger partial charge in [0.2, 0.25) is 12.0 Å². The summed E-state index contributed by atoms with van der Waals surface area (Å²) in [6, 6.07) is 30.5. The van der Waals surface area contributed by atoms with Gasteiger partial charge in [-0.25, -0.2) is 9.79 Å². The summed E-state index contributed by atoms with van der Waals surface area (Å²) in [5.41, 5.74) is 5.42. The first-order valence-electron chi connectivity index (χ1n) is 9.72. The van der Waals surface area contributed by atoms with E-state index in [4.69, 9.17) is 10.5 Å². The van der Waals surface area contributed by atoms with Crippen molar-refractivity contribution in [1.29, 1.82) is 0 Å². The van der Waals surface area contributed by atoms with Crippen LogP contribution in [0, 0.1) is 0 Å². The predicted molar refractivity (Wildman–Crippen MR) is 125 cm³/mol. The molecule has 0 aliphatic rings. The lowest BCUT2D eigenvalue weighted by Crippen LogP contribution is -2.26. The maximum absolute atomic E-state index is 11.5. The lowest BCUT2D eigenvalue weighted by Gasteiger charge is -2.26. The second-order valence-corrected chi connectivity index (χ2v) is 9.48. The summed E-state index contributed by atoms with van der Waals surface area (Å²) in [5, 5.41) is 3.34. The second-order valence-electron chi connectivity index (χ2n) is 6.38. The predicted octanol–water partition coefficient (Wildman–Crippen LogP) is 3.38. The van der Waals surface area contributed by atoms with Gasteiger partial charge in [0.15, 0.2) is 0 Å². The number of primary amides is 1. The minimum Gasteiger partial charge on any atom is -0.368 e. The third-order valence-corrected chi connectivity index (χ3v) is 7.93. The first-order chi connectivity index (χ1) is 14.6. The number of rotatable bonds is 7. The molecule has 0 atom stereocenters. The van der Waals surface area contributed by atoms with Crippen molar-refractivity contribution in [2.75, 3.05) is 13.1 Å². The molecule has 2 N–H and O–H groups in total. The maximum Gasteiger partial charge on any atom is 0.239 e. The fourth-order valence-corrected chi connectivity index (χ4v) is 6.50. The van der Waals surface area contributed by atoms with E-state index < -0.39 is 13.0 Å². The zero-order valence-corrected chi connectivity index (χ0v) is 17.9. The molecule has 3 rings (SSSR count). The van der Waals surface area contributed by atoms with Crippen molar-refractivity contribution >= 4 is 35.0 Å². The summed E-state index contributed by atoms with van der Waals surface area (Å²) in [6.45, 7) is 2.58. The van der Waals surface area contributed by atoms with Crippen LogP contribution in [0.25, 0.3) is 0 Å². The normalized spacial score (nSPS) is 10.2. The van der Waals surface area contributed by atoms with Crippen molar-refractivity contribution in [1.82, 2.24) is 0 Å². The molecule has 3 aromatic rings. The third-order valence-electron chi connectivity index (χ3n) is 4.23. The minimum absolute atomic E-state index is 0.00641. The average Bonchev–Trinajstić information content (AvgIpc) is 2.80. The highest BCUT2D eigenvalue weighted by Gasteiger charge is 2.26. The number of hydrogen-bond donors (Lipinski definition) is 1. The molecule has 0 aliphatic heterocycles. The lowest BCUT2D eigenvalue weighted by atomic mass is 10.4. The van der Waals surface area contributed by atoms with Crippen molar-refractivity contribution < 1.29 is 9.59 Å². The van der Waals surface area contributed by atoms with Crippen LogP contribution in [0.15, 0.2) is 101 Å². The molecule has 0 saturated heterocycles. The van der Waals surface area contributed by atoms with Crippen molar-refractivity contribution in [3.63, 3.8) is 0 Å². The molecule has 30 heavy (non-hydrogen) atoms. The van der Waals surface area contributed by atoms with Crippen molar-refractivity contribution in [2.24, 2.45) is 15.5 Å². The number of carbonyl (C=O) groups is 1. The second kappa shape index (κ2) is 12.3. The largest absolute Gasteiger partial charge is 0.368 e. The Morgan fingerprint density at radius 1 is 0.833 bits per heavy atom. The van der Waals surface area contributed by atoms with Crippen molar-refractivity contribution in [3.8, 4) is 0 Å². The highest BCUT2D eigenvalue weighted by atomic mass is 31.2. The average molecular weight is 419 g/mol. The number of benzene rings is 3. The molecule has 0 heterocycles. The minimum atomic E-state index is -2.28. The molecule has 0 unspecified atom stereocenters. The van der Waals surface area contributed by atoms with Gasteiger partial charge in [-0.15, -0.1) is 0 Å². The number of nitrogens with zero attached hydrogens (tertiary/aromatic N) is 2. The highest BCUT2D eigenvalue weighted by molar-refractivity contribution is 7.87. The van der Waals surface area contributed by atoms with Gasteiger partial charge in [-0.05, 0) is 6.42 Å². The van der Waals surface area contributed by atoms with Crippen LogP contribution in [0.2, 0.25) is 0 Å². The molecule has 0 fully saturated rings. The van der Waals surface area contributed by atoms with E-state index in [9.17, 15) is 9.59 Å². The number of isocyanates is 1. The fourth-order valence-electron chi connectivity index (χ4n) is 2.96. The van der Waals surface area contributed by atoms with Crippen LogP contribution in [0.1, 0.15) is 13.3 Å². The molecule has 0 saturated carbocycles. The Bertz CT molecular complexity index is 913. The summed E-state index contributed by atoms with van der Waals surface area (Å²) in [6.07, 6.45) is 2.37. The number of nitrogens with two attached hydrogens (primary N) is 1. The zero-order valence-electron chi connectivity index (χ0n) is 17.0. The quantitative estimate of drug-likeness (QED) is 0.362. The van der Waals surface area contributed by atoms with Crippen LogP contribution >= 0.6 is 7.05 Å². The Labute approximate surface area is 177 Å². The smallest absolute Gasteiger partial charge is 0.239 e. The van der Waals surface area contributed by atoms with E-state index in [2.05, 4.69) is 41.4 Å². The molecule has 0 radical (unpaired) electrons. The molecule has 0 bridgehead atoms. The summed E-state index contributed by atoms with van der Waals surface area (Å²) in [4.78, 5) is 24.0. The zero-order chi connectivity index (χ0) is 21.7. The summed E-state index contributed by atoms with van der Waals surface area (Å²) in [5.74, 6) is -0.415. The van der Waals surface area contributed by atoms with Gasteiger partial charge in [0.1, 0.15) is 6.54 Å². The van der Waals surface area contributed by atoms with Gasteiger partial charge < -0.3 is 5.73 Å². The highest BCUT2D eigenvalue weighted by Crippen LogP contribution is 2.46. The molecule has 6 heteroatoms. The summed E-state index contributed by atoms with van der Waals surface area (Å²) >= 11 is 0. The molecular formula is C24H26N3O2P. The Morgan fingerprint density at radius 2 is 1.23 bits per heavy atom. The summed E-state index contributed by atoms with van der Waals surface area (Å²) < 4.78 is 4.90. The van der Waals surface area contributed by atoms with E-state index in [-0.39, 0.29) is 6.54 Å². The van der Waals surface area contributed by atoms with Gasteiger partial charge in [0, 0.05) is 15.9 Å². The van der Waals surface area contributed by atoms with Gasteiger partial charge in [-0.2, -0.15) is 0 Å². The fraction of sp³-hybridized carbons (Fsp3) is 0.167. The topological polar surface area (TPSA) is 84.9 Å². The van der Waals surface area contributed by atoms with Gasteiger partial charge >= 0.3 is 0 Å². The van der Waals surface area contributed by atoms with Crippen molar-refractivity contribution in [2.45, 2.75) is 13.3 Å². The number of hydrogen-bond acceptors (Lipinski definition) is 4. The van der Waals surface area contributed by atoms with Crippen LogP contribution < -0.4 is 21.6 Å². The van der Waals surface area contributed by atoms with E-state index in [1.807, 2.05) is 61.5 Å². The van der Waals surface area contributed by atoms with Crippen LogP contribution in [-0.2, 0) is 9.59 Å². The molecular weight excluding hydrogens is 393 g/mol. The Balaban J connectivity index is 0.000000469. The van der Waals surface area contributed by atoms with E-state index >= 15 is 0 Å². The standard InChI is InChI=1S/C20H19N2OP.C4H7NO/c21-20(23)16-22-24(17-10-4-1-5-11-17,18-12-6-2-7-13-18)19-14-8-3-9-15-19;1-2-3-5-4-6/h1-15H,16H2,(H2,21,23);2-3H2,1H3. The van der Waals surface area contributed by atoms with Crippen LogP contribution in [0.5, 0.6) is 0 Å². The molecule has 1 amide bonds. The summed E-state index contributed by atoms with van der Waals surface area (Å²) in [7, 11) is -2.28. The van der Waals surface area contributed by atoms with Crippen molar-refractivity contribution in [3.05, 3.63) is 91.0 Å².